The highest BCUT2D eigenvalue weighted by Crippen LogP contribution is 2.41. The number of para-hydroxylation sites is 1. The van der Waals surface area contributed by atoms with Crippen molar-refractivity contribution in [1.29, 1.82) is 0 Å². The van der Waals surface area contributed by atoms with Crippen LogP contribution in [0.25, 0.3) is 5.00 Å². The van der Waals surface area contributed by atoms with Crippen molar-refractivity contribution in [2.45, 2.75) is 117 Å². The summed E-state index contributed by atoms with van der Waals surface area (Å²) in [6.45, 7) is 20.5. The number of nitrogens with one attached hydrogen (secondary N) is 5. The molecule has 5 N–H and O–H groups in total. The first-order valence-electron chi connectivity index (χ1n) is 40.2. The predicted octanol–water partition coefficient (Wildman–Crippen LogP) is 12.1. The van der Waals surface area contributed by atoms with Crippen molar-refractivity contribution in [2.75, 3.05) is 164 Å². The number of unbranched alkanes of at least 4 members (excludes halogenated alkanes) is 5. The average Bonchev–Trinajstić information content (AvgIpc) is 1.60. The summed E-state index contributed by atoms with van der Waals surface area (Å²) in [6.07, 6.45) is 8.47. The van der Waals surface area contributed by atoms with Gasteiger partial charge in [0, 0.05) is 110 Å². The van der Waals surface area contributed by atoms with Crippen LogP contribution in [0.2, 0.25) is 10.0 Å². The van der Waals surface area contributed by atoms with Gasteiger partial charge in [-0.3, -0.25) is 58.2 Å². The van der Waals surface area contributed by atoms with E-state index in [-0.39, 0.29) is 81.0 Å². The molecule has 0 radical (unpaired) electrons. The van der Waals surface area contributed by atoms with Gasteiger partial charge < -0.3 is 64.2 Å². The Balaban J connectivity index is 0.489. The van der Waals surface area contributed by atoms with Gasteiger partial charge in [0.25, 0.3) is 17.7 Å². The summed E-state index contributed by atoms with van der Waals surface area (Å²) in [6, 6.07) is 25.3. The summed E-state index contributed by atoms with van der Waals surface area (Å²) in [5, 5.41) is 26.2. The van der Waals surface area contributed by atoms with E-state index in [0.717, 1.165) is 120 Å². The Hall–Kier alpha value is -9.71. The number of carbonyl (C=O) groups excluding carboxylic acids is 7. The molecule has 8 aromatic rings. The molecule has 7 amide bonds. The monoisotopic (exact) mass is 1690 g/mol. The molecule has 12 rings (SSSR count). The minimum Gasteiger partial charge on any atom is -0.491 e. The number of amides is 7. The standard InChI is InChI=1S/C84H102Cl2N16O14S2/c1-54-15-13-17-64(86)76(54)95-80(107)68-53-88-84(118-68)93-69-52-70(90-57(4)89-69)99-35-33-98(34-36-99)31-10-6-7-11-38-110-41-44-113-45-42-111-39-12-8-9-19-73(105)100(32-30-87-65-18-14-16-63-75(65)82(109)102(81(63)108)67-28-29-71(103)94-79(67)106)37-40-112-43-46-114-47-48-115-49-50-116-62-26-24-61(25-27-62)91-72(104)51-66-78-97-96-58(5)101(78)83-74(55(2)56(3)117-83)77(92-66)59-20-22-60(85)23-21-59/h13-18,20-27,52-53,66-67,87H,6-12,19,28-51H2,1-5H3,(H,91,104)(H,95,107)(H,94,103,106)(H,88,89,90,93)/t66-,67?/m0/s1. The molecule has 1 unspecified atom stereocenters. The van der Waals surface area contributed by atoms with Crippen LogP contribution in [-0.2, 0) is 47.6 Å². The average molecular weight is 1690 g/mol. The maximum absolute atomic E-state index is 13.8. The zero-order valence-corrected chi connectivity index (χ0v) is 70.4. The minimum absolute atomic E-state index is 0.00769. The number of halogens is 2. The Bertz CT molecular complexity index is 4790. The summed E-state index contributed by atoms with van der Waals surface area (Å²) in [5.74, 6) is 1.07. The van der Waals surface area contributed by atoms with Crippen LogP contribution < -0.4 is 36.2 Å². The maximum Gasteiger partial charge on any atom is 0.267 e. The number of aromatic nitrogens is 6. The van der Waals surface area contributed by atoms with Crippen molar-refractivity contribution in [2.24, 2.45) is 4.99 Å². The molecule has 8 heterocycles. The Labute approximate surface area is 704 Å². The highest BCUT2D eigenvalue weighted by molar-refractivity contribution is 7.17. The number of hydrogen-bond donors (Lipinski definition) is 5. The minimum atomic E-state index is -1.10. The highest BCUT2D eigenvalue weighted by atomic mass is 35.5. The molecule has 4 aromatic carbocycles. The molecule has 4 aromatic heterocycles. The van der Waals surface area contributed by atoms with Crippen molar-refractivity contribution in [3.8, 4) is 10.8 Å². The molecule has 4 aliphatic heterocycles. The zero-order chi connectivity index (χ0) is 82.9. The molecular weight excluding hydrogens is 1590 g/mol. The van der Waals surface area contributed by atoms with E-state index in [9.17, 15) is 33.6 Å². The number of thiazole rings is 1. The second kappa shape index (κ2) is 43.8. The van der Waals surface area contributed by atoms with E-state index in [4.69, 9.17) is 66.3 Å². The summed E-state index contributed by atoms with van der Waals surface area (Å²) < 4.78 is 42.8. The van der Waals surface area contributed by atoms with Gasteiger partial charge in [0.15, 0.2) is 11.0 Å². The predicted molar refractivity (Wildman–Crippen MR) is 453 cm³/mol. The topological polar surface area (TPSA) is 339 Å². The van der Waals surface area contributed by atoms with Gasteiger partial charge in [0.05, 0.1) is 106 Å². The van der Waals surface area contributed by atoms with Gasteiger partial charge in [-0.1, -0.05) is 84.1 Å². The van der Waals surface area contributed by atoms with E-state index < -0.39 is 35.7 Å². The zero-order valence-electron chi connectivity index (χ0n) is 67.2. The van der Waals surface area contributed by atoms with Gasteiger partial charge in [-0.05, 0) is 139 Å². The van der Waals surface area contributed by atoms with Crippen molar-refractivity contribution in [1.82, 2.24) is 49.7 Å². The number of aliphatic imine (C=N–C) groups is 1. The number of piperazine rings is 1. The molecule has 118 heavy (non-hydrogen) atoms. The Morgan fingerprint density at radius 3 is 2.06 bits per heavy atom. The van der Waals surface area contributed by atoms with Crippen LogP contribution in [-0.4, -0.2) is 236 Å². The molecule has 0 bridgehead atoms. The molecule has 0 aliphatic carbocycles. The van der Waals surface area contributed by atoms with Gasteiger partial charge in [0.2, 0.25) is 23.6 Å². The number of ether oxygens (including phenoxy) is 7. The van der Waals surface area contributed by atoms with Crippen molar-refractivity contribution in [3.63, 3.8) is 0 Å². The maximum atomic E-state index is 13.8. The van der Waals surface area contributed by atoms with Crippen molar-refractivity contribution >= 4 is 127 Å². The molecule has 2 atom stereocenters. The molecule has 34 heteroatoms. The van der Waals surface area contributed by atoms with Gasteiger partial charge in [-0.25, -0.2) is 15.0 Å². The van der Waals surface area contributed by atoms with Crippen LogP contribution >= 0.6 is 45.9 Å². The number of carbonyl (C=O) groups is 7. The summed E-state index contributed by atoms with van der Waals surface area (Å²) in [4.78, 5) is 121. The second-order valence-corrected chi connectivity index (χ2v) is 32.0. The number of nitrogens with zero attached hydrogens (tertiary/aromatic N) is 11. The molecule has 628 valence electrons. The molecule has 0 saturated carbocycles. The Morgan fingerprint density at radius 2 is 1.35 bits per heavy atom. The van der Waals surface area contributed by atoms with Gasteiger partial charge >= 0.3 is 0 Å². The van der Waals surface area contributed by atoms with E-state index in [2.05, 4.69) is 70.4 Å². The third-order valence-corrected chi connectivity index (χ3v) is 23.2. The van der Waals surface area contributed by atoms with Crippen LogP contribution in [0.4, 0.5) is 33.8 Å². The number of hydrogen-bond acceptors (Lipinski definition) is 26. The van der Waals surface area contributed by atoms with Crippen LogP contribution in [0.1, 0.15) is 152 Å². The molecule has 30 nitrogen and oxygen atoms in total. The third-order valence-electron chi connectivity index (χ3n) is 20.5. The first-order chi connectivity index (χ1) is 57.3. The van der Waals surface area contributed by atoms with Crippen molar-refractivity contribution < 1.29 is 66.7 Å². The lowest BCUT2D eigenvalue weighted by atomic mass is 9.99. The van der Waals surface area contributed by atoms with E-state index >= 15 is 0 Å². The van der Waals surface area contributed by atoms with Crippen LogP contribution in [0.5, 0.6) is 5.75 Å². The molecule has 2 saturated heterocycles. The fourth-order valence-electron chi connectivity index (χ4n) is 14.2. The number of thiophene rings is 1. The van der Waals surface area contributed by atoms with Crippen molar-refractivity contribution in [3.05, 3.63) is 168 Å². The van der Waals surface area contributed by atoms with E-state index in [1.807, 2.05) is 67.8 Å². The normalized spacial score (nSPS) is 15.3. The van der Waals surface area contributed by atoms with E-state index in [1.165, 1.54) is 17.4 Å². The number of piperidine rings is 1. The lowest BCUT2D eigenvalue weighted by Gasteiger charge is -2.35. The van der Waals surface area contributed by atoms with Crippen LogP contribution in [0.15, 0.2) is 102 Å². The molecule has 4 aliphatic rings. The smallest absolute Gasteiger partial charge is 0.267 e. The summed E-state index contributed by atoms with van der Waals surface area (Å²) >= 11 is 15.5. The number of benzene rings is 4. The fraction of sp³-hybridized carbons (Fsp3) is 0.464. The fourth-order valence-corrected chi connectivity index (χ4v) is 16.5. The quantitative estimate of drug-likeness (QED) is 0.0175. The number of aryl methyl sites for hydroxylation is 4. The Morgan fingerprint density at radius 1 is 0.669 bits per heavy atom. The highest BCUT2D eigenvalue weighted by Gasteiger charge is 2.46. The Kier molecular flexibility index (Phi) is 32.5. The molecule has 2 fully saturated rings. The number of imide groups is 2. The first-order valence-corrected chi connectivity index (χ1v) is 42.6. The van der Waals surface area contributed by atoms with E-state index in [0.29, 0.717) is 152 Å². The third kappa shape index (κ3) is 24.1. The number of anilines is 6. The lowest BCUT2D eigenvalue weighted by Crippen LogP contribution is -2.54. The molecular formula is C84H102Cl2N16O14S2. The lowest BCUT2D eigenvalue weighted by molar-refractivity contribution is -0.136. The molecule has 0 spiro atoms. The number of rotatable bonds is 46. The second-order valence-electron chi connectivity index (χ2n) is 28.9. The summed E-state index contributed by atoms with van der Waals surface area (Å²) in [5.41, 5.74) is 6.49. The SMILES string of the molecule is Cc1nc(Nc2ncc(C(=O)Nc3c(C)cccc3Cl)s2)cc(N2CCN(CCCCCCOCCOCCOCCCCCC(=O)N(CCNc3cccc4c3C(=O)N(C3CCC(=O)NC3=O)C4=O)CCOCCOCCOCCOc3ccc(NC(=O)C[C@@H]4N=C(c5ccc(Cl)cc5)c5c(sc(C)c5C)-n5c(C)nnc54)cc3)CC2)n1. The largest absolute Gasteiger partial charge is 0.491 e. The van der Waals surface area contributed by atoms with Gasteiger partial charge in [-0.15, -0.1) is 21.5 Å². The summed E-state index contributed by atoms with van der Waals surface area (Å²) in [7, 11) is 0. The number of fused-ring (bicyclic) bond motifs is 4. The van der Waals surface area contributed by atoms with Gasteiger partial charge in [0.1, 0.15) is 57.6 Å². The van der Waals surface area contributed by atoms with Crippen LogP contribution in [0, 0.1) is 34.6 Å². The van der Waals surface area contributed by atoms with E-state index in [1.54, 1.807) is 64.9 Å². The van der Waals surface area contributed by atoms with Crippen LogP contribution in [0.3, 0.4) is 0 Å². The first kappa shape index (κ1) is 87.6. The van der Waals surface area contributed by atoms with Gasteiger partial charge in [-0.2, -0.15) is 0 Å².